The molecule has 25 heterocycles. The molecule has 55 heteroatoms. The van der Waals surface area contributed by atoms with Gasteiger partial charge >= 0.3 is 0 Å². The second-order valence-electron chi connectivity index (χ2n) is 31.4. The van der Waals surface area contributed by atoms with Gasteiger partial charge in [0.25, 0.3) is 0 Å². The number of thioether (sulfide) groups is 3. The van der Waals surface area contributed by atoms with Crippen LogP contribution < -0.4 is 0 Å². The van der Waals surface area contributed by atoms with Crippen molar-refractivity contribution in [3.8, 4) is 0 Å². The van der Waals surface area contributed by atoms with Gasteiger partial charge in [-0.05, 0) is 234 Å². The SMILES string of the molecule is Cn1ccnc1Sc1ncnc2ncccc12.Cn1cnnc1Sc1ncnc2ncccc12.Cn1nnnc1Sc1ncnc2ncccc12.c1cnc2ncnc(SC3CCCC3)c2c1.c1cnc2ncnc(SC3CCCCC3)c2c1.c1cnc2ncnc(SC3CCOCC3)c2c1.c1cnc2ncnc(Sc3ncc[nH]3)c2c1.c1cnc2ncnc(Sc3ncn[nH]3)c2c1.c1cnc2ncnc(Sc3nn[nH]n3)c2c1. The number of aromatic amines is 3. The Balaban J connectivity index is 0.000000105. The molecule has 0 unspecified atom stereocenters. The molecule has 1 aliphatic heterocycles. The average Bonchev–Trinajstić information content (AvgIpc) is 1.46. The maximum Gasteiger partial charge on any atom is 0.237 e. The van der Waals surface area contributed by atoms with Crippen LogP contribution in [0.4, 0.5) is 0 Å². The second-order valence-corrected chi connectivity index (χ2v) is 41.1. The summed E-state index contributed by atoms with van der Waals surface area (Å²) in [4.78, 5) is 129. The van der Waals surface area contributed by atoms with Crippen molar-refractivity contribution < 1.29 is 4.74 Å². The molecule has 2 saturated carbocycles. The number of aryl methyl sites for hydroxylation is 3. The largest absolute Gasteiger partial charge is 0.381 e. The molecule has 0 atom stereocenters. The summed E-state index contributed by atoms with van der Waals surface area (Å²) in [5, 5.41) is 62.5. The summed E-state index contributed by atoms with van der Waals surface area (Å²) in [6.07, 6.45) is 54.0. The summed E-state index contributed by atoms with van der Waals surface area (Å²) < 4.78 is 10.8. The first-order chi connectivity index (χ1) is 73.6. The summed E-state index contributed by atoms with van der Waals surface area (Å²) in [5.41, 5.74) is 6.48. The van der Waals surface area contributed by atoms with Gasteiger partial charge in [0.15, 0.2) is 71.5 Å². The highest BCUT2D eigenvalue weighted by molar-refractivity contribution is 8.01. The fourth-order valence-electron chi connectivity index (χ4n) is 14.5. The van der Waals surface area contributed by atoms with Crippen LogP contribution in [-0.2, 0) is 25.9 Å². The lowest BCUT2D eigenvalue weighted by molar-refractivity contribution is 0.1000. The number of nitrogens with zero attached hydrogens (tertiary/aromatic N) is 42. The van der Waals surface area contributed by atoms with Gasteiger partial charge in [-0.2, -0.15) is 10.3 Å². The molecule has 3 aliphatic rings. The van der Waals surface area contributed by atoms with Crippen LogP contribution in [0.2, 0.25) is 0 Å². The Morgan fingerprint density at radius 2 is 0.644 bits per heavy atom. The van der Waals surface area contributed by atoms with Gasteiger partial charge in [0, 0.05) is 131 Å². The predicted octanol–water partition coefficient (Wildman–Crippen LogP) is 16.6. The standard InChI is InChI=1S/C13H15N3S.C12H13N3OS.C12H13N3S.C11H9N5S.C10H8N6S.C10H7N5S.C9H7N7S.C9H6N6S.C8H5N7S/c1-2-5-10(6-3-1)17-13-11-7-4-8-14-12(11)15-9-16-13;1-2-10-11(13-5-1)14-8-15-12(10)17-9-3-6-16-7-4-9;1-2-5-9(4-1)16-12-10-6-3-7-13-11(10)14-8-15-12;1-16-6-5-13-11(16)17-10-8-3-2-4-12-9(8)14-7-15-10;1-16-6-14-15-10(16)17-9-7-3-2-4-11-8(7)12-5-13-9;1-2-7-8(11-3-1)14-6-15-9(7)16-10-12-4-5-13-10;1-16-9(13-14-15-16)17-8-6-3-2-4-10-7(6)11-5-12-8;1-2-6-7(10-3-1)11-4-12-8(6)16-9-13-5-14-15-9;1-2-5-6(9-3-1)10-4-11-7(5)16-8-12-14-15-13-8/h4,7-10H,1-3,5-6H2;1-2,5,8-9H,3-4,6-7H2;3,6-9H,1-2,4-5H2;2-7H,1H3;2-6H,1H3;1-6H,(H,12,13);2-5H,1H3;1-5H,(H,13,14,15);1-4H,(H,12,13,14,15). The van der Waals surface area contributed by atoms with E-state index in [1.165, 1.54) is 173 Å². The van der Waals surface area contributed by atoms with E-state index in [4.69, 9.17) is 4.74 Å². The molecule has 0 spiro atoms. The van der Waals surface area contributed by atoms with Crippen molar-refractivity contribution in [1.29, 1.82) is 0 Å². The van der Waals surface area contributed by atoms with Gasteiger partial charge in [-0.3, -0.25) is 5.10 Å². The van der Waals surface area contributed by atoms with Crippen molar-refractivity contribution in [3.63, 3.8) is 0 Å². The number of fused-ring (bicyclic) bond motifs is 9. The molecule has 0 aromatic carbocycles. The Labute approximate surface area is 884 Å². The molecule has 27 rings (SSSR count). The van der Waals surface area contributed by atoms with E-state index in [-0.39, 0.29) is 0 Å². The molecule has 0 bridgehead atoms. The summed E-state index contributed by atoms with van der Waals surface area (Å²) in [7, 11) is 5.63. The van der Waals surface area contributed by atoms with Crippen LogP contribution in [0, 0.1) is 0 Å². The Bertz CT molecular complexity index is 7730. The Hall–Kier alpha value is -15.6. The Morgan fingerprint density at radius 3 is 0.973 bits per heavy atom. The minimum absolute atomic E-state index is 0.517. The lowest BCUT2D eigenvalue weighted by Gasteiger charge is -2.21. The number of hydrogen-bond acceptors (Lipinski definition) is 49. The van der Waals surface area contributed by atoms with E-state index >= 15 is 0 Å². The molecule has 0 amide bonds. The van der Waals surface area contributed by atoms with Gasteiger partial charge in [-0.1, -0.05) is 32.1 Å². The zero-order valence-electron chi connectivity index (χ0n) is 79.0. The number of pyridine rings is 9. The first kappa shape index (κ1) is 102. The lowest BCUT2D eigenvalue weighted by Crippen LogP contribution is -2.17. The number of tetrazole rings is 2. The van der Waals surface area contributed by atoms with Gasteiger partial charge in [-0.15, -0.1) is 60.8 Å². The molecule has 24 aromatic rings. The predicted molar refractivity (Wildman–Crippen MR) is 563 cm³/mol. The zero-order valence-corrected chi connectivity index (χ0v) is 86.4. The number of aromatic nitrogens is 45. The molecule has 1 saturated heterocycles. The van der Waals surface area contributed by atoms with E-state index in [1.54, 1.807) is 111 Å². The minimum atomic E-state index is 0.517. The van der Waals surface area contributed by atoms with E-state index in [2.05, 4.69) is 223 Å². The number of H-pyrrole nitrogens is 3. The van der Waals surface area contributed by atoms with Crippen LogP contribution in [0.15, 0.2) is 336 Å². The minimum Gasteiger partial charge on any atom is -0.381 e. The fourth-order valence-corrected chi connectivity index (χ4v) is 22.9. The van der Waals surface area contributed by atoms with Gasteiger partial charge < -0.3 is 18.9 Å². The number of nitrogens with one attached hydrogen (secondary N) is 3. The maximum atomic E-state index is 5.37. The van der Waals surface area contributed by atoms with E-state index < -0.39 is 0 Å². The summed E-state index contributed by atoms with van der Waals surface area (Å²) in [5.74, 6) is 0. The van der Waals surface area contributed by atoms with Crippen LogP contribution in [0.3, 0.4) is 0 Å². The van der Waals surface area contributed by atoms with Crippen molar-refractivity contribution >= 4 is 205 Å². The fraction of sp³-hybridized carbons (Fsp3) is 0.202. The molecule has 24 aromatic heterocycles. The van der Waals surface area contributed by atoms with Crippen LogP contribution >= 0.6 is 106 Å². The van der Waals surface area contributed by atoms with E-state index in [9.17, 15) is 0 Å². The van der Waals surface area contributed by atoms with Crippen LogP contribution in [-0.4, -0.2) is 254 Å². The molecule has 3 N–H and O–H groups in total. The average molecular weight is 2150 g/mol. The third kappa shape index (κ3) is 28.0. The second kappa shape index (κ2) is 52.6. The number of hydrogen-bond donors (Lipinski definition) is 3. The molecule has 2 aliphatic carbocycles. The number of imidazole rings is 2. The molecular weight excluding hydrogens is 2060 g/mol. The number of ether oxygens (including phenoxy) is 1. The normalized spacial score (nSPS) is 13.0. The summed E-state index contributed by atoms with van der Waals surface area (Å²) >= 11 is 14.1. The first-order valence-corrected chi connectivity index (χ1v) is 53.5. The molecule has 3 fully saturated rings. The zero-order chi connectivity index (χ0) is 101. The van der Waals surface area contributed by atoms with E-state index in [1.807, 2.05) is 162 Å². The van der Waals surface area contributed by atoms with Gasteiger partial charge in [-0.25, -0.2) is 154 Å². The summed E-state index contributed by atoms with van der Waals surface area (Å²) in [6.45, 7) is 1.72. The van der Waals surface area contributed by atoms with Crippen molar-refractivity contribution in [1.82, 2.24) is 225 Å². The smallest absolute Gasteiger partial charge is 0.237 e. The van der Waals surface area contributed by atoms with Gasteiger partial charge in [0.05, 0.1) is 48.5 Å². The topological polar surface area (TPSA) is 574 Å². The van der Waals surface area contributed by atoms with Crippen LogP contribution in [0.5, 0.6) is 0 Å². The lowest BCUT2D eigenvalue weighted by atomic mass is 10.0. The highest BCUT2D eigenvalue weighted by Gasteiger charge is 2.23. The number of rotatable bonds is 18. The maximum absolute atomic E-state index is 5.37. The third-order valence-corrected chi connectivity index (χ3v) is 31.6. The molecule has 46 nitrogen and oxygen atoms in total. The first-order valence-electron chi connectivity index (χ1n) is 45.9. The molecule has 0 radical (unpaired) electrons. The van der Waals surface area contributed by atoms with Crippen molar-refractivity contribution in [2.24, 2.45) is 21.1 Å². The quantitative estimate of drug-likeness (QED) is 0.0672. The van der Waals surface area contributed by atoms with Crippen molar-refractivity contribution in [2.45, 2.75) is 163 Å². The van der Waals surface area contributed by atoms with Gasteiger partial charge in [0.2, 0.25) is 10.3 Å². The Morgan fingerprint density at radius 1 is 0.295 bits per heavy atom. The summed E-state index contributed by atoms with van der Waals surface area (Å²) in [6, 6.07) is 34.8. The molecule has 149 heavy (non-hydrogen) atoms. The molecule has 744 valence electrons. The monoisotopic (exact) mass is 2150 g/mol. The van der Waals surface area contributed by atoms with Crippen molar-refractivity contribution in [2.75, 3.05) is 13.2 Å². The van der Waals surface area contributed by atoms with E-state index in [0.29, 0.717) is 54.6 Å². The van der Waals surface area contributed by atoms with Crippen LogP contribution in [0.1, 0.15) is 70.6 Å². The van der Waals surface area contributed by atoms with Crippen LogP contribution in [0.25, 0.3) is 99.3 Å². The van der Waals surface area contributed by atoms with Crippen molar-refractivity contribution in [3.05, 3.63) is 259 Å². The molecular formula is C94H83N45OS9. The van der Waals surface area contributed by atoms with Gasteiger partial charge in [0.1, 0.15) is 115 Å². The highest BCUT2D eigenvalue weighted by Crippen LogP contribution is 2.40. The Kier molecular flexibility index (Phi) is 36.0. The third-order valence-electron chi connectivity index (χ3n) is 21.6. The highest BCUT2D eigenvalue weighted by atomic mass is 32.2. The van der Waals surface area contributed by atoms with E-state index in [0.717, 1.165) is 163 Å².